The van der Waals surface area contributed by atoms with Gasteiger partial charge in [0, 0.05) is 38.5 Å². The van der Waals surface area contributed by atoms with E-state index in [2.05, 4.69) is 27.1 Å². The molecule has 27 heavy (non-hydrogen) atoms. The molecule has 0 bridgehead atoms. The number of likely N-dealkylation sites (tertiary alicyclic amines) is 1. The summed E-state index contributed by atoms with van der Waals surface area (Å²) >= 11 is 0. The molecule has 1 aromatic heterocycles. The minimum Gasteiger partial charge on any atom is -0.396 e. The molecule has 3 rings (SSSR count). The SMILES string of the molecule is CN1CCCC[C@@H]1CCNC(=O)c1ccc(N2CCC(CCO)CC2)nc1. The minimum absolute atomic E-state index is 0.0332. The highest BCUT2D eigenvalue weighted by Crippen LogP contribution is 2.24. The van der Waals surface area contributed by atoms with Crippen molar-refractivity contribution >= 4 is 11.7 Å². The van der Waals surface area contributed by atoms with Crippen LogP contribution in [0, 0.1) is 5.92 Å². The quantitative estimate of drug-likeness (QED) is 0.766. The van der Waals surface area contributed by atoms with Crippen molar-refractivity contribution in [1.29, 1.82) is 0 Å². The van der Waals surface area contributed by atoms with E-state index in [0.29, 0.717) is 24.1 Å². The highest BCUT2D eigenvalue weighted by molar-refractivity contribution is 5.94. The summed E-state index contributed by atoms with van der Waals surface area (Å²) in [6.07, 6.45) is 9.62. The number of nitrogens with zero attached hydrogens (tertiary/aromatic N) is 3. The van der Waals surface area contributed by atoms with E-state index in [-0.39, 0.29) is 12.5 Å². The van der Waals surface area contributed by atoms with Crippen molar-refractivity contribution in [3.63, 3.8) is 0 Å². The largest absolute Gasteiger partial charge is 0.396 e. The molecule has 0 radical (unpaired) electrons. The molecule has 6 heteroatoms. The molecule has 2 aliphatic heterocycles. The molecule has 2 fully saturated rings. The first-order valence-corrected chi connectivity index (χ1v) is 10.5. The number of aliphatic hydroxyl groups excluding tert-OH is 1. The Balaban J connectivity index is 1.43. The Hall–Kier alpha value is -1.66. The summed E-state index contributed by atoms with van der Waals surface area (Å²) in [5, 5.41) is 12.1. The predicted molar refractivity (Wildman–Crippen MR) is 108 cm³/mol. The molecule has 0 saturated carbocycles. The van der Waals surface area contributed by atoms with Crippen LogP contribution < -0.4 is 10.2 Å². The van der Waals surface area contributed by atoms with Crippen molar-refractivity contribution < 1.29 is 9.90 Å². The number of aliphatic hydroxyl groups is 1. The molecule has 2 N–H and O–H groups in total. The number of hydrogen-bond acceptors (Lipinski definition) is 5. The van der Waals surface area contributed by atoms with Gasteiger partial charge in [-0.1, -0.05) is 6.42 Å². The molecule has 0 aliphatic carbocycles. The van der Waals surface area contributed by atoms with Gasteiger partial charge in [-0.2, -0.15) is 0 Å². The number of pyridine rings is 1. The van der Waals surface area contributed by atoms with Crippen molar-refractivity contribution in [3.8, 4) is 0 Å². The molecule has 2 aliphatic rings. The summed E-state index contributed by atoms with van der Waals surface area (Å²) in [6.45, 7) is 4.11. The number of rotatable bonds is 7. The Labute approximate surface area is 163 Å². The normalized spacial score (nSPS) is 22.0. The van der Waals surface area contributed by atoms with E-state index < -0.39 is 0 Å². The van der Waals surface area contributed by atoms with Gasteiger partial charge in [0.2, 0.25) is 0 Å². The molecule has 150 valence electrons. The first-order valence-electron chi connectivity index (χ1n) is 10.5. The van der Waals surface area contributed by atoms with Crippen LogP contribution in [0.5, 0.6) is 0 Å². The van der Waals surface area contributed by atoms with Crippen molar-refractivity contribution in [2.75, 3.05) is 44.7 Å². The van der Waals surface area contributed by atoms with Crippen molar-refractivity contribution in [2.24, 2.45) is 5.92 Å². The van der Waals surface area contributed by atoms with Gasteiger partial charge in [0.15, 0.2) is 0 Å². The first kappa shape index (κ1) is 20.1. The fourth-order valence-corrected chi connectivity index (χ4v) is 4.30. The fraction of sp³-hybridized carbons (Fsp3) is 0.714. The fourth-order valence-electron chi connectivity index (χ4n) is 4.30. The zero-order chi connectivity index (χ0) is 19.1. The van der Waals surface area contributed by atoms with E-state index >= 15 is 0 Å². The number of carbonyl (C=O) groups is 1. The van der Waals surface area contributed by atoms with Gasteiger partial charge in [-0.25, -0.2) is 4.98 Å². The van der Waals surface area contributed by atoms with Gasteiger partial charge in [0.25, 0.3) is 5.91 Å². The topological polar surface area (TPSA) is 68.7 Å². The van der Waals surface area contributed by atoms with Crippen LogP contribution in [0.25, 0.3) is 0 Å². The van der Waals surface area contributed by atoms with Gasteiger partial charge in [-0.3, -0.25) is 4.79 Å². The van der Waals surface area contributed by atoms with Crippen LogP contribution in [0.1, 0.15) is 55.3 Å². The summed E-state index contributed by atoms with van der Waals surface area (Å²) < 4.78 is 0. The molecule has 0 aromatic carbocycles. The van der Waals surface area contributed by atoms with Crippen LogP contribution in [0.3, 0.4) is 0 Å². The molecule has 6 nitrogen and oxygen atoms in total. The summed E-state index contributed by atoms with van der Waals surface area (Å²) in [5.74, 6) is 1.53. The third-order valence-electron chi connectivity index (χ3n) is 6.17. The van der Waals surface area contributed by atoms with Crippen LogP contribution in [-0.4, -0.2) is 66.8 Å². The highest BCUT2D eigenvalue weighted by atomic mass is 16.3. The molecule has 0 unspecified atom stereocenters. The van der Waals surface area contributed by atoms with Gasteiger partial charge >= 0.3 is 0 Å². The summed E-state index contributed by atoms with van der Waals surface area (Å²) in [5.41, 5.74) is 0.630. The molecule has 3 heterocycles. The molecule has 1 atom stereocenters. The number of carbonyl (C=O) groups excluding carboxylic acids is 1. The number of piperidine rings is 2. The van der Waals surface area contributed by atoms with Crippen LogP contribution >= 0.6 is 0 Å². The Morgan fingerprint density at radius 2 is 2.00 bits per heavy atom. The van der Waals surface area contributed by atoms with E-state index in [9.17, 15) is 4.79 Å². The Bertz CT molecular complexity index is 584. The van der Waals surface area contributed by atoms with Gasteiger partial charge in [0.05, 0.1) is 5.56 Å². The lowest BCUT2D eigenvalue weighted by molar-refractivity contribution is 0.0945. The van der Waals surface area contributed by atoms with E-state index in [1.807, 2.05) is 12.1 Å². The van der Waals surface area contributed by atoms with E-state index in [0.717, 1.165) is 44.6 Å². The molecule has 2 saturated heterocycles. The number of hydrogen-bond donors (Lipinski definition) is 2. The Morgan fingerprint density at radius 3 is 2.67 bits per heavy atom. The predicted octanol–water partition coefficient (Wildman–Crippen LogP) is 2.28. The number of aromatic nitrogens is 1. The third-order valence-corrected chi connectivity index (χ3v) is 6.17. The Morgan fingerprint density at radius 1 is 1.19 bits per heavy atom. The zero-order valence-electron chi connectivity index (χ0n) is 16.6. The minimum atomic E-state index is -0.0332. The average Bonchev–Trinajstić information content (AvgIpc) is 2.70. The van der Waals surface area contributed by atoms with E-state index in [4.69, 9.17) is 5.11 Å². The van der Waals surface area contributed by atoms with Crippen LogP contribution in [-0.2, 0) is 0 Å². The average molecular weight is 375 g/mol. The van der Waals surface area contributed by atoms with Gasteiger partial charge in [0.1, 0.15) is 5.82 Å². The summed E-state index contributed by atoms with van der Waals surface area (Å²) in [7, 11) is 2.18. The second-order valence-electron chi connectivity index (χ2n) is 8.02. The second kappa shape index (κ2) is 10.0. The zero-order valence-corrected chi connectivity index (χ0v) is 16.6. The highest BCUT2D eigenvalue weighted by Gasteiger charge is 2.21. The Kier molecular flexibility index (Phi) is 7.47. The van der Waals surface area contributed by atoms with Crippen LogP contribution in [0.15, 0.2) is 18.3 Å². The van der Waals surface area contributed by atoms with Crippen LogP contribution in [0.4, 0.5) is 5.82 Å². The lowest BCUT2D eigenvalue weighted by atomic mass is 9.94. The molecule has 1 aromatic rings. The monoisotopic (exact) mass is 374 g/mol. The maximum absolute atomic E-state index is 12.4. The lowest BCUT2D eigenvalue weighted by Crippen LogP contribution is -2.39. The maximum atomic E-state index is 12.4. The smallest absolute Gasteiger partial charge is 0.252 e. The van der Waals surface area contributed by atoms with Crippen molar-refractivity contribution in [3.05, 3.63) is 23.9 Å². The van der Waals surface area contributed by atoms with E-state index in [1.54, 1.807) is 6.20 Å². The molecular formula is C21H34N4O2. The van der Waals surface area contributed by atoms with Crippen LogP contribution in [0.2, 0.25) is 0 Å². The standard InChI is InChI=1S/C21H34N4O2/c1-24-12-3-2-4-19(24)7-11-22-21(27)18-5-6-20(23-16-18)25-13-8-17(9-14-25)10-15-26/h5-6,16-17,19,26H,2-4,7-15H2,1H3,(H,22,27)/t19-/m1/s1. The van der Waals surface area contributed by atoms with Crippen molar-refractivity contribution in [1.82, 2.24) is 15.2 Å². The number of amides is 1. The van der Waals surface area contributed by atoms with Gasteiger partial charge in [-0.15, -0.1) is 0 Å². The third kappa shape index (κ3) is 5.66. The second-order valence-corrected chi connectivity index (χ2v) is 8.02. The summed E-state index contributed by atoms with van der Waals surface area (Å²) in [6, 6.07) is 4.42. The molecule has 0 spiro atoms. The van der Waals surface area contributed by atoms with Crippen molar-refractivity contribution in [2.45, 2.75) is 51.0 Å². The first-order chi connectivity index (χ1) is 13.2. The van der Waals surface area contributed by atoms with Gasteiger partial charge in [-0.05, 0) is 70.2 Å². The number of anilines is 1. The van der Waals surface area contributed by atoms with E-state index in [1.165, 1.54) is 25.8 Å². The maximum Gasteiger partial charge on any atom is 0.252 e. The lowest BCUT2D eigenvalue weighted by Gasteiger charge is -2.32. The summed E-state index contributed by atoms with van der Waals surface area (Å²) in [4.78, 5) is 21.6. The molecule has 1 amide bonds. The number of nitrogens with one attached hydrogen (secondary N) is 1. The van der Waals surface area contributed by atoms with Gasteiger partial charge < -0.3 is 20.2 Å². The molecular weight excluding hydrogens is 340 g/mol.